The van der Waals surface area contributed by atoms with Crippen LogP contribution >= 0.6 is 0 Å². The summed E-state index contributed by atoms with van der Waals surface area (Å²) in [7, 11) is 0. The van der Waals surface area contributed by atoms with Crippen LogP contribution in [0.1, 0.15) is 142 Å². The molecule has 70 heavy (non-hydrogen) atoms. The lowest BCUT2D eigenvalue weighted by molar-refractivity contribution is -0.141. The Morgan fingerprint density at radius 2 is 1.36 bits per heavy atom. The summed E-state index contributed by atoms with van der Waals surface area (Å²) in [5.74, 6) is -1.16. The highest BCUT2D eigenvalue weighted by Gasteiger charge is 2.66. The largest absolute Gasteiger partial charge is 0.352 e. The van der Waals surface area contributed by atoms with Crippen molar-refractivity contribution in [2.75, 3.05) is 19.6 Å². The highest BCUT2D eigenvalue weighted by Crippen LogP contribution is 2.74. The van der Waals surface area contributed by atoms with E-state index in [1.165, 1.54) is 29.5 Å². The van der Waals surface area contributed by atoms with E-state index in [0.717, 1.165) is 37.7 Å². The zero-order valence-corrected chi connectivity index (χ0v) is 42.4. The predicted molar refractivity (Wildman–Crippen MR) is 271 cm³/mol. The highest BCUT2D eigenvalue weighted by molar-refractivity contribution is 5.97. The maximum absolute atomic E-state index is 15.2. The first-order valence-corrected chi connectivity index (χ1v) is 26.6. The number of carbonyl (C=O) groups excluding carboxylic acids is 6. The van der Waals surface area contributed by atoms with E-state index < -0.39 is 70.7 Å². The molecule has 0 aromatic heterocycles. The topological polar surface area (TPSA) is 268 Å². The molecule has 6 amide bonds. The monoisotopic (exact) mass is 969 g/mol. The van der Waals surface area contributed by atoms with Crippen LogP contribution in [-0.2, 0) is 35.2 Å². The number of hydrogen-bond donors (Lipinski definition) is 9. The lowest BCUT2D eigenvalue weighted by Gasteiger charge is -2.46. The molecule has 7 aliphatic carbocycles. The molecule has 5 saturated carbocycles. The van der Waals surface area contributed by atoms with Gasteiger partial charge in [-0.25, -0.2) is 0 Å². The third-order valence-electron chi connectivity index (χ3n) is 17.1. The van der Waals surface area contributed by atoms with E-state index >= 15 is 4.79 Å². The van der Waals surface area contributed by atoms with E-state index in [2.05, 4.69) is 46.5 Å². The van der Waals surface area contributed by atoms with Gasteiger partial charge in [0.05, 0.1) is 6.04 Å². The van der Waals surface area contributed by atoms with Gasteiger partial charge in [0.15, 0.2) is 0 Å². The van der Waals surface area contributed by atoms with Gasteiger partial charge in [-0.05, 0) is 187 Å². The van der Waals surface area contributed by atoms with E-state index in [9.17, 15) is 24.0 Å². The molecule has 11 atom stereocenters. The Balaban J connectivity index is 1.12. The molecular formula is C54H84N10O6. The normalized spacial score (nSPS) is 31.0. The van der Waals surface area contributed by atoms with Crippen LogP contribution in [0.2, 0.25) is 0 Å². The van der Waals surface area contributed by atoms with Crippen LogP contribution in [0, 0.1) is 45.3 Å². The van der Waals surface area contributed by atoms with Gasteiger partial charge in [0.2, 0.25) is 35.4 Å². The number of allylic oxidation sites excluding steroid dienone is 2. The van der Waals surface area contributed by atoms with Gasteiger partial charge in [-0.1, -0.05) is 62.8 Å². The van der Waals surface area contributed by atoms with Crippen LogP contribution in [0.5, 0.6) is 0 Å². The van der Waals surface area contributed by atoms with Gasteiger partial charge in [0, 0.05) is 12.6 Å². The minimum Gasteiger partial charge on any atom is -0.352 e. The fourth-order valence-corrected chi connectivity index (χ4v) is 13.6. The van der Waals surface area contributed by atoms with Crippen LogP contribution in [0.3, 0.4) is 0 Å². The first kappa shape index (κ1) is 53.1. The lowest BCUT2D eigenvalue weighted by Crippen LogP contribution is -2.64. The summed E-state index contributed by atoms with van der Waals surface area (Å²) in [6, 6.07) is 3.53. The Bertz CT molecular complexity index is 2090. The van der Waals surface area contributed by atoms with E-state index in [0.29, 0.717) is 87.5 Å². The number of carbonyl (C=O) groups is 6. The van der Waals surface area contributed by atoms with E-state index in [1.807, 2.05) is 44.2 Å². The van der Waals surface area contributed by atoms with Gasteiger partial charge in [0.1, 0.15) is 30.2 Å². The van der Waals surface area contributed by atoms with Gasteiger partial charge >= 0.3 is 0 Å². The molecule has 6 fully saturated rings. The molecule has 386 valence electrons. The molecule has 1 aliphatic heterocycles. The SMILES string of the molecule is CC1C=C2CC(C2)CC(C)(C(NC(=O)C(CCCN)NC(=O)C2CCCN2C(=O)C(N)Cc2ccccc2)C(=O)NC(CCCN)C(=O)NC(C(=O)NC(C)CCC=N)C2(C)CC3CC4(C3)CC4C2)C1. The number of hydrogen-bond acceptors (Lipinski definition) is 10. The van der Waals surface area contributed by atoms with Crippen LogP contribution in [0.4, 0.5) is 0 Å². The van der Waals surface area contributed by atoms with Crippen molar-refractivity contribution in [2.45, 2.75) is 186 Å². The van der Waals surface area contributed by atoms with Crippen molar-refractivity contribution in [1.29, 1.82) is 5.41 Å². The molecule has 8 aliphatic rings. The van der Waals surface area contributed by atoms with Crippen LogP contribution in [0.15, 0.2) is 42.0 Å². The molecule has 0 radical (unpaired) electrons. The third kappa shape index (κ3) is 12.5. The fourth-order valence-electron chi connectivity index (χ4n) is 13.6. The van der Waals surface area contributed by atoms with Gasteiger partial charge in [-0.15, -0.1) is 0 Å². The second-order valence-electron chi connectivity index (χ2n) is 23.3. The van der Waals surface area contributed by atoms with E-state index in [1.54, 1.807) is 0 Å². The first-order valence-electron chi connectivity index (χ1n) is 26.6. The first-order chi connectivity index (χ1) is 33.4. The standard InChI is InChI=1S/C54H84N10O6/c1-33-22-36-23-37(24-36)27-52(3,26-33)45(63-46(65)41(15-9-19-56)60-48(67)43-17-11-21-64(43)51(70)40(58)25-35-13-6-5-7-14-35)50(69)61-42(16-10-20-57)47(66)62-44(49(68)59-34(2)12-8-18-55)53(4)28-38-29-54(30-38)32-39(54)31-53/h5-7,13-14,18,22,33-34,37-45,55H,8-12,15-17,19-21,23-32,56-58H2,1-4H3,(H,59,68)(H,60,67)(H,61,69)(H,62,66)(H,63,65). The fraction of sp³-hybridized carbons (Fsp3) is 0.722. The number of nitrogens with two attached hydrogens (primary N) is 3. The Hall–Kier alpha value is -4.67. The van der Waals surface area contributed by atoms with Crippen LogP contribution in [0.25, 0.3) is 0 Å². The Labute approximate surface area is 415 Å². The minimum atomic E-state index is -1.10. The molecule has 1 aromatic carbocycles. The van der Waals surface area contributed by atoms with Gasteiger partial charge in [0.25, 0.3) is 0 Å². The summed E-state index contributed by atoms with van der Waals surface area (Å²) in [5.41, 5.74) is 19.9. The predicted octanol–water partition coefficient (Wildman–Crippen LogP) is 3.89. The number of likely N-dealkylation sites (tertiary alicyclic amines) is 1. The smallest absolute Gasteiger partial charge is 0.243 e. The summed E-state index contributed by atoms with van der Waals surface area (Å²) in [4.78, 5) is 88.7. The second-order valence-corrected chi connectivity index (χ2v) is 23.3. The summed E-state index contributed by atoms with van der Waals surface area (Å²) >= 11 is 0. The molecule has 12 N–H and O–H groups in total. The lowest BCUT2D eigenvalue weighted by atomic mass is 9.61. The van der Waals surface area contributed by atoms with Crippen molar-refractivity contribution in [3.05, 3.63) is 47.5 Å². The number of fused-ring (bicyclic) bond motifs is 6. The van der Waals surface area contributed by atoms with Crippen molar-refractivity contribution in [3.63, 3.8) is 0 Å². The van der Waals surface area contributed by atoms with Crippen molar-refractivity contribution in [3.8, 4) is 0 Å². The molecule has 1 aromatic rings. The average Bonchev–Trinajstić information content (AvgIpc) is 3.83. The quantitative estimate of drug-likeness (QED) is 0.0537. The average molecular weight is 969 g/mol. The van der Waals surface area contributed by atoms with Crippen LogP contribution in [-0.4, -0.2) is 108 Å². The molecule has 1 spiro atoms. The maximum Gasteiger partial charge on any atom is 0.243 e. The summed E-state index contributed by atoms with van der Waals surface area (Å²) < 4.78 is 0. The molecule has 9 rings (SSSR count). The van der Waals surface area contributed by atoms with Gasteiger partial charge in [-0.3, -0.25) is 28.8 Å². The highest BCUT2D eigenvalue weighted by atomic mass is 16.2. The minimum absolute atomic E-state index is 0.106. The summed E-state index contributed by atoms with van der Waals surface area (Å²) in [5, 5.41) is 23.1. The Morgan fingerprint density at radius 3 is 1.99 bits per heavy atom. The Kier molecular flexibility index (Phi) is 17.3. The van der Waals surface area contributed by atoms with Crippen molar-refractivity contribution in [2.24, 2.45) is 57.1 Å². The van der Waals surface area contributed by atoms with E-state index in [-0.39, 0.29) is 49.7 Å². The van der Waals surface area contributed by atoms with Crippen molar-refractivity contribution >= 4 is 41.7 Å². The van der Waals surface area contributed by atoms with E-state index in [4.69, 9.17) is 22.6 Å². The third-order valence-corrected chi connectivity index (χ3v) is 17.1. The van der Waals surface area contributed by atoms with Crippen molar-refractivity contribution < 1.29 is 28.8 Å². The molecule has 16 nitrogen and oxygen atoms in total. The maximum atomic E-state index is 15.2. The van der Waals surface area contributed by atoms with Crippen molar-refractivity contribution in [1.82, 2.24) is 31.5 Å². The molecule has 1 heterocycles. The second kappa shape index (κ2) is 22.8. The Morgan fingerprint density at radius 1 is 0.757 bits per heavy atom. The zero-order valence-electron chi connectivity index (χ0n) is 42.4. The number of amides is 6. The summed E-state index contributed by atoms with van der Waals surface area (Å²) in [6.45, 7) is 9.11. The molecule has 16 heteroatoms. The molecular weight excluding hydrogens is 885 g/mol. The van der Waals surface area contributed by atoms with Gasteiger partial charge in [-0.2, -0.15) is 0 Å². The molecule has 11 unspecified atom stereocenters. The van der Waals surface area contributed by atoms with Crippen LogP contribution < -0.4 is 43.8 Å². The number of rotatable bonds is 24. The number of nitrogens with one attached hydrogen (secondary N) is 6. The molecule has 1 saturated heterocycles. The number of benzene rings is 1. The summed E-state index contributed by atoms with van der Waals surface area (Å²) in [6.07, 6.45) is 15.6. The number of nitrogens with zero attached hydrogens (tertiary/aromatic N) is 1. The molecule has 4 bridgehead atoms. The van der Waals surface area contributed by atoms with Gasteiger partial charge < -0.3 is 54.1 Å². The zero-order chi connectivity index (χ0) is 50.4.